The summed E-state index contributed by atoms with van der Waals surface area (Å²) in [5.41, 5.74) is 7.00. The lowest BCUT2D eigenvalue weighted by atomic mass is 9.70. The Morgan fingerprint density at radius 3 is 2.62 bits per heavy atom. The molecule has 0 bridgehead atoms. The summed E-state index contributed by atoms with van der Waals surface area (Å²) in [5, 5.41) is 12.9. The third kappa shape index (κ3) is 2.97. The number of nitrogens with two attached hydrogens (primary N) is 1. The normalized spacial score (nSPS) is 25.4. The molecule has 1 aromatic heterocycles. The summed E-state index contributed by atoms with van der Waals surface area (Å²) in [4.78, 5) is 13.8. The topological polar surface area (TPSA) is 78.9 Å². The number of hydrogen-bond acceptors (Lipinski definition) is 4. The number of rotatable bonds is 3. The maximum absolute atomic E-state index is 12.7. The van der Waals surface area contributed by atoms with Crippen LogP contribution in [0.5, 0.6) is 0 Å². The minimum absolute atomic E-state index is 0.0188. The molecule has 0 radical (unpaired) electrons. The highest BCUT2D eigenvalue weighted by atomic mass is 32.1. The van der Waals surface area contributed by atoms with E-state index in [0.717, 1.165) is 36.1 Å². The number of carbonyl (C=O) groups is 1. The number of nitrogens with zero attached hydrogens (tertiary/aromatic N) is 1. The molecular formula is C16H23N3OS. The Kier molecular flexibility index (Phi) is 4.70. The molecule has 1 aliphatic carbocycles. The second kappa shape index (κ2) is 6.17. The second-order valence-electron chi connectivity index (χ2n) is 6.22. The Morgan fingerprint density at radius 1 is 1.48 bits per heavy atom. The molecule has 1 heterocycles. The summed E-state index contributed by atoms with van der Waals surface area (Å²) in [6.07, 6.45) is 3.75. The summed E-state index contributed by atoms with van der Waals surface area (Å²) in [5.74, 6) is 0.646. The zero-order valence-electron chi connectivity index (χ0n) is 13.0. The van der Waals surface area contributed by atoms with Gasteiger partial charge in [0.05, 0.1) is 11.0 Å². The molecule has 114 valence electrons. The fraction of sp³-hybridized carbons (Fsp3) is 0.625. The summed E-state index contributed by atoms with van der Waals surface area (Å²) in [6.45, 7) is 6.48. The molecule has 0 spiro atoms. The van der Waals surface area contributed by atoms with Crippen molar-refractivity contribution < 1.29 is 4.79 Å². The van der Waals surface area contributed by atoms with Crippen molar-refractivity contribution in [1.82, 2.24) is 0 Å². The lowest BCUT2D eigenvalue weighted by Crippen LogP contribution is -2.44. The number of nitriles is 1. The molecule has 0 atom stereocenters. The van der Waals surface area contributed by atoms with Crippen molar-refractivity contribution >= 4 is 22.2 Å². The Hall–Kier alpha value is -1.38. The van der Waals surface area contributed by atoms with Gasteiger partial charge in [-0.05, 0) is 51.0 Å². The quantitative estimate of drug-likeness (QED) is 0.899. The third-order valence-corrected chi connectivity index (χ3v) is 5.95. The van der Waals surface area contributed by atoms with Crippen LogP contribution in [0, 0.1) is 36.5 Å². The average Bonchev–Trinajstić information content (AvgIpc) is 2.74. The van der Waals surface area contributed by atoms with Crippen molar-refractivity contribution in [2.75, 3.05) is 11.9 Å². The molecule has 1 fully saturated rings. The molecule has 1 aliphatic rings. The van der Waals surface area contributed by atoms with Gasteiger partial charge in [-0.2, -0.15) is 5.26 Å². The second-order valence-corrected chi connectivity index (χ2v) is 7.45. The van der Waals surface area contributed by atoms with E-state index < -0.39 is 5.41 Å². The molecule has 0 aromatic carbocycles. The number of carbonyl (C=O) groups excluding carboxylic acids is 1. The van der Waals surface area contributed by atoms with Crippen molar-refractivity contribution in [1.29, 1.82) is 5.26 Å². The van der Waals surface area contributed by atoms with Gasteiger partial charge < -0.3 is 11.1 Å². The summed E-state index contributed by atoms with van der Waals surface area (Å²) in [7, 11) is 0. The van der Waals surface area contributed by atoms with Gasteiger partial charge in [0, 0.05) is 11.4 Å². The molecule has 0 saturated heterocycles. The van der Waals surface area contributed by atoms with Crippen LogP contribution in [-0.4, -0.2) is 12.5 Å². The minimum atomic E-state index is -0.467. The SMILES string of the molecule is Cc1sc(NC(=O)C2(CN)CCC(C)CC2)c(C#N)c1C. The van der Waals surface area contributed by atoms with Crippen LogP contribution in [0.3, 0.4) is 0 Å². The van der Waals surface area contributed by atoms with Crippen LogP contribution in [0.2, 0.25) is 0 Å². The molecular weight excluding hydrogens is 282 g/mol. The Bertz CT molecular complexity index is 577. The van der Waals surface area contributed by atoms with Crippen molar-refractivity contribution in [3.8, 4) is 6.07 Å². The van der Waals surface area contributed by atoms with Crippen LogP contribution in [-0.2, 0) is 4.79 Å². The summed E-state index contributed by atoms with van der Waals surface area (Å²) >= 11 is 1.47. The third-order valence-electron chi connectivity index (χ3n) is 4.83. The van der Waals surface area contributed by atoms with Crippen LogP contribution in [0.25, 0.3) is 0 Å². The number of nitrogens with one attached hydrogen (secondary N) is 1. The molecule has 2 rings (SSSR count). The monoisotopic (exact) mass is 305 g/mol. The van der Waals surface area contributed by atoms with Gasteiger partial charge in [-0.15, -0.1) is 11.3 Å². The van der Waals surface area contributed by atoms with Crippen molar-refractivity contribution in [2.45, 2.75) is 46.5 Å². The molecule has 1 amide bonds. The highest BCUT2D eigenvalue weighted by Gasteiger charge is 2.40. The highest BCUT2D eigenvalue weighted by Crippen LogP contribution is 2.40. The van der Waals surface area contributed by atoms with Crippen molar-refractivity contribution in [2.24, 2.45) is 17.1 Å². The van der Waals surface area contributed by atoms with Gasteiger partial charge in [0.1, 0.15) is 11.1 Å². The standard InChI is InChI=1S/C16H23N3OS/c1-10-4-6-16(9-18,7-5-10)15(20)19-14-13(8-17)11(2)12(3)21-14/h10H,4-7,9,18H2,1-3H3,(H,19,20). The molecule has 4 nitrogen and oxygen atoms in total. The first-order chi connectivity index (χ1) is 9.93. The van der Waals surface area contributed by atoms with Gasteiger partial charge in [0.15, 0.2) is 0 Å². The molecule has 1 aromatic rings. The molecule has 0 unspecified atom stereocenters. The largest absolute Gasteiger partial charge is 0.329 e. The minimum Gasteiger partial charge on any atom is -0.329 e. The van der Waals surface area contributed by atoms with Gasteiger partial charge in [-0.3, -0.25) is 4.79 Å². The van der Waals surface area contributed by atoms with Crippen LogP contribution >= 0.6 is 11.3 Å². The zero-order valence-corrected chi connectivity index (χ0v) is 13.8. The first-order valence-electron chi connectivity index (χ1n) is 7.45. The zero-order chi connectivity index (χ0) is 15.6. The van der Waals surface area contributed by atoms with Crippen LogP contribution in [0.15, 0.2) is 0 Å². The molecule has 5 heteroatoms. The highest BCUT2D eigenvalue weighted by molar-refractivity contribution is 7.16. The molecule has 0 aliphatic heterocycles. The van der Waals surface area contributed by atoms with Crippen LogP contribution in [0.1, 0.15) is 48.6 Å². The van der Waals surface area contributed by atoms with E-state index >= 15 is 0 Å². The van der Waals surface area contributed by atoms with Crippen LogP contribution in [0.4, 0.5) is 5.00 Å². The lowest BCUT2D eigenvalue weighted by Gasteiger charge is -2.36. The van der Waals surface area contributed by atoms with Crippen LogP contribution < -0.4 is 11.1 Å². The Morgan fingerprint density at radius 2 is 2.10 bits per heavy atom. The maximum Gasteiger partial charge on any atom is 0.232 e. The fourth-order valence-corrected chi connectivity index (χ4v) is 3.93. The number of hydrogen-bond donors (Lipinski definition) is 2. The predicted molar refractivity (Wildman–Crippen MR) is 86.3 cm³/mol. The number of anilines is 1. The van der Waals surface area contributed by atoms with Gasteiger partial charge in [-0.1, -0.05) is 6.92 Å². The molecule has 3 N–H and O–H groups in total. The average molecular weight is 305 g/mol. The number of aryl methyl sites for hydroxylation is 1. The van der Waals surface area contributed by atoms with E-state index in [2.05, 4.69) is 18.3 Å². The Labute approximate surface area is 130 Å². The van der Waals surface area contributed by atoms with Gasteiger partial charge >= 0.3 is 0 Å². The Balaban J connectivity index is 2.21. The number of thiophene rings is 1. The first-order valence-corrected chi connectivity index (χ1v) is 8.27. The maximum atomic E-state index is 12.7. The summed E-state index contributed by atoms with van der Waals surface area (Å²) in [6, 6.07) is 2.20. The van der Waals surface area contributed by atoms with E-state index in [9.17, 15) is 10.1 Å². The molecule has 21 heavy (non-hydrogen) atoms. The molecule has 1 saturated carbocycles. The van der Waals surface area contributed by atoms with Gasteiger partial charge in [0.2, 0.25) is 5.91 Å². The van der Waals surface area contributed by atoms with E-state index in [1.165, 1.54) is 11.3 Å². The number of amides is 1. The predicted octanol–water partition coefficient (Wildman–Crippen LogP) is 3.33. The lowest BCUT2D eigenvalue weighted by molar-refractivity contribution is -0.127. The van der Waals surface area contributed by atoms with E-state index in [-0.39, 0.29) is 5.91 Å². The van der Waals surface area contributed by atoms with E-state index in [1.807, 2.05) is 13.8 Å². The van der Waals surface area contributed by atoms with E-state index in [1.54, 1.807) is 0 Å². The smallest absolute Gasteiger partial charge is 0.232 e. The summed E-state index contributed by atoms with van der Waals surface area (Å²) < 4.78 is 0. The van der Waals surface area contributed by atoms with E-state index in [0.29, 0.717) is 23.0 Å². The first kappa shape index (κ1) is 16.0. The van der Waals surface area contributed by atoms with Crippen molar-refractivity contribution in [3.05, 3.63) is 16.0 Å². The van der Waals surface area contributed by atoms with Gasteiger partial charge in [-0.25, -0.2) is 0 Å². The van der Waals surface area contributed by atoms with Crippen molar-refractivity contribution in [3.63, 3.8) is 0 Å². The van der Waals surface area contributed by atoms with Gasteiger partial charge in [0.25, 0.3) is 0 Å². The fourth-order valence-electron chi connectivity index (χ4n) is 2.92. The van der Waals surface area contributed by atoms with E-state index in [4.69, 9.17) is 5.73 Å².